The molecule has 0 spiro atoms. The van der Waals surface area contributed by atoms with E-state index in [9.17, 15) is 8.42 Å². The molecular formula is C12H20ClN3O2S. The molecule has 108 valence electrons. The van der Waals surface area contributed by atoms with Gasteiger partial charge in [-0.05, 0) is 19.8 Å². The fraction of sp³-hybridized carbons (Fsp3) is 0.750. The Hall–Kier alpha value is -0.590. The van der Waals surface area contributed by atoms with Crippen LogP contribution in [-0.4, -0.2) is 29.4 Å². The minimum absolute atomic E-state index is 0.0700. The van der Waals surface area contributed by atoms with Crippen LogP contribution in [0.1, 0.15) is 37.9 Å². The van der Waals surface area contributed by atoms with Crippen molar-refractivity contribution in [2.45, 2.75) is 55.5 Å². The number of hydrogen-bond donors (Lipinski definition) is 1. The molecule has 0 amide bonds. The van der Waals surface area contributed by atoms with Gasteiger partial charge in [-0.3, -0.25) is 0 Å². The predicted octanol–water partition coefficient (Wildman–Crippen LogP) is 1.95. The molecule has 1 N–H and O–H groups in total. The lowest BCUT2D eigenvalue weighted by molar-refractivity contribution is 0.512. The summed E-state index contributed by atoms with van der Waals surface area (Å²) < 4.78 is 29.0. The first kappa shape index (κ1) is 14.8. The number of aromatic nitrogens is 2. The van der Waals surface area contributed by atoms with E-state index in [-0.39, 0.29) is 16.4 Å². The van der Waals surface area contributed by atoms with Gasteiger partial charge in [0.1, 0.15) is 5.82 Å². The van der Waals surface area contributed by atoms with Crippen LogP contribution in [0.3, 0.4) is 0 Å². The summed E-state index contributed by atoms with van der Waals surface area (Å²) in [7, 11) is -1.80. The number of aryl methyl sites for hydroxylation is 2. The quantitative estimate of drug-likeness (QED) is 0.686. The van der Waals surface area contributed by atoms with Gasteiger partial charge in [-0.25, -0.2) is 18.1 Å². The van der Waals surface area contributed by atoms with Crippen LogP contribution in [-0.2, 0) is 17.1 Å². The first-order valence-corrected chi connectivity index (χ1v) is 8.48. The molecule has 1 aromatic rings. The lowest BCUT2D eigenvalue weighted by atomic mass is 10.1. The maximum atomic E-state index is 12.3. The van der Waals surface area contributed by atoms with Crippen molar-refractivity contribution >= 4 is 21.6 Å². The lowest BCUT2D eigenvalue weighted by Gasteiger charge is -2.20. The number of nitrogens with one attached hydrogen (secondary N) is 1. The highest BCUT2D eigenvalue weighted by atomic mass is 35.5. The van der Waals surface area contributed by atoms with Crippen LogP contribution in [0.2, 0.25) is 0 Å². The van der Waals surface area contributed by atoms with E-state index < -0.39 is 10.0 Å². The molecule has 0 radical (unpaired) electrons. The number of sulfonamides is 1. The second-order valence-corrected chi connectivity index (χ2v) is 7.34. The van der Waals surface area contributed by atoms with Crippen molar-refractivity contribution in [1.82, 2.24) is 14.3 Å². The van der Waals surface area contributed by atoms with E-state index in [0.717, 1.165) is 32.1 Å². The first-order chi connectivity index (χ1) is 8.90. The zero-order chi connectivity index (χ0) is 14.0. The number of imidazole rings is 1. The monoisotopic (exact) mass is 305 g/mol. The summed E-state index contributed by atoms with van der Waals surface area (Å²) in [6.45, 7) is 1.77. The molecule has 1 aliphatic carbocycles. The van der Waals surface area contributed by atoms with E-state index in [0.29, 0.717) is 5.82 Å². The van der Waals surface area contributed by atoms with Crippen molar-refractivity contribution < 1.29 is 8.42 Å². The van der Waals surface area contributed by atoms with E-state index >= 15 is 0 Å². The molecule has 1 heterocycles. The van der Waals surface area contributed by atoms with Gasteiger partial charge in [-0.15, -0.1) is 11.6 Å². The molecule has 1 fully saturated rings. The topological polar surface area (TPSA) is 64.0 Å². The fourth-order valence-corrected chi connectivity index (χ4v) is 4.08. The Balaban J connectivity index is 2.16. The van der Waals surface area contributed by atoms with Crippen LogP contribution in [0.15, 0.2) is 11.2 Å². The first-order valence-electron chi connectivity index (χ1n) is 6.56. The standard InChI is InChI=1S/C12H20ClN3O2S/c1-9-14-12(8-16(9)2)19(17,18)15-11-7-5-3-4-6-10(11)13/h8,10-11,15H,3-7H2,1-2H3. The van der Waals surface area contributed by atoms with Gasteiger partial charge in [0.15, 0.2) is 5.03 Å². The third-order valence-electron chi connectivity index (χ3n) is 3.60. The minimum Gasteiger partial charge on any atom is -0.337 e. The smallest absolute Gasteiger partial charge is 0.259 e. The molecule has 2 unspecified atom stereocenters. The van der Waals surface area contributed by atoms with E-state index in [4.69, 9.17) is 11.6 Å². The number of halogens is 1. The van der Waals surface area contributed by atoms with Gasteiger partial charge in [-0.1, -0.05) is 19.3 Å². The third-order valence-corrected chi connectivity index (χ3v) is 5.48. The molecule has 7 heteroatoms. The van der Waals surface area contributed by atoms with Crippen LogP contribution in [0, 0.1) is 6.92 Å². The number of nitrogens with zero attached hydrogens (tertiary/aromatic N) is 2. The van der Waals surface area contributed by atoms with Gasteiger partial charge in [0.2, 0.25) is 0 Å². The summed E-state index contributed by atoms with van der Waals surface area (Å²) in [6.07, 6.45) is 6.36. The van der Waals surface area contributed by atoms with Gasteiger partial charge < -0.3 is 4.57 Å². The summed E-state index contributed by atoms with van der Waals surface area (Å²) in [5.74, 6) is 0.670. The minimum atomic E-state index is -3.58. The van der Waals surface area contributed by atoms with Crippen LogP contribution in [0.5, 0.6) is 0 Å². The van der Waals surface area contributed by atoms with E-state index in [1.54, 1.807) is 18.5 Å². The maximum absolute atomic E-state index is 12.3. The largest absolute Gasteiger partial charge is 0.337 e. The number of alkyl halides is 1. The summed E-state index contributed by atoms with van der Waals surface area (Å²) in [5.41, 5.74) is 0. The van der Waals surface area contributed by atoms with E-state index in [1.165, 1.54) is 6.20 Å². The highest BCUT2D eigenvalue weighted by Gasteiger charge is 2.28. The van der Waals surface area contributed by atoms with Crippen LogP contribution < -0.4 is 4.72 Å². The molecule has 1 aliphatic rings. The Kier molecular flexibility index (Phi) is 4.53. The Morgan fingerprint density at radius 1 is 1.37 bits per heavy atom. The molecule has 2 atom stereocenters. The molecule has 1 saturated carbocycles. The fourth-order valence-electron chi connectivity index (χ4n) is 2.31. The second kappa shape index (κ2) is 5.81. The third kappa shape index (κ3) is 3.49. The zero-order valence-electron chi connectivity index (χ0n) is 11.3. The summed E-state index contributed by atoms with van der Waals surface area (Å²) in [6, 6.07) is -0.198. The zero-order valence-corrected chi connectivity index (χ0v) is 12.8. The van der Waals surface area contributed by atoms with E-state index in [2.05, 4.69) is 9.71 Å². The van der Waals surface area contributed by atoms with Gasteiger partial charge in [0.25, 0.3) is 10.0 Å². The van der Waals surface area contributed by atoms with Crippen molar-refractivity contribution in [3.8, 4) is 0 Å². The second-order valence-electron chi connectivity index (χ2n) is 5.12. The van der Waals surface area contributed by atoms with Crippen molar-refractivity contribution in [2.24, 2.45) is 7.05 Å². The Morgan fingerprint density at radius 3 is 2.68 bits per heavy atom. The van der Waals surface area contributed by atoms with Crippen molar-refractivity contribution in [1.29, 1.82) is 0 Å². The van der Waals surface area contributed by atoms with Gasteiger partial charge in [-0.2, -0.15) is 0 Å². The summed E-state index contributed by atoms with van der Waals surface area (Å²) in [5, 5.41) is -0.0669. The van der Waals surface area contributed by atoms with Crippen LogP contribution >= 0.6 is 11.6 Å². The Bertz CT molecular complexity index is 522. The molecule has 2 rings (SSSR count). The van der Waals surface area contributed by atoms with Gasteiger partial charge in [0.05, 0.1) is 0 Å². The van der Waals surface area contributed by atoms with Crippen molar-refractivity contribution in [3.05, 3.63) is 12.0 Å². The van der Waals surface area contributed by atoms with Crippen molar-refractivity contribution in [2.75, 3.05) is 0 Å². The molecule has 0 bridgehead atoms. The average Bonchev–Trinajstić information content (AvgIpc) is 2.55. The number of hydrogen-bond acceptors (Lipinski definition) is 3. The molecular weight excluding hydrogens is 286 g/mol. The molecule has 0 aliphatic heterocycles. The van der Waals surface area contributed by atoms with Crippen LogP contribution in [0.25, 0.3) is 0 Å². The maximum Gasteiger partial charge on any atom is 0.259 e. The highest BCUT2D eigenvalue weighted by Crippen LogP contribution is 2.23. The molecule has 1 aromatic heterocycles. The molecule has 5 nitrogen and oxygen atoms in total. The molecule has 19 heavy (non-hydrogen) atoms. The predicted molar refractivity (Wildman–Crippen MR) is 74.8 cm³/mol. The highest BCUT2D eigenvalue weighted by molar-refractivity contribution is 7.89. The van der Waals surface area contributed by atoms with E-state index in [1.807, 2.05) is 0 Å². The van der Waals surface area contributed by atoms with Crippen molar-refractivity contribution in [3.63, 3.8) is 0 Å². The average molecular weight is 306 g/mol. The SMILES string of the molecule is Cc1nc(S(=O)(=O)NC2CCCCCC2Cl)cn1C. The summed E-state index contributed by atoms with van der Waals surface area (Å²) >= 11 is 6.26. The Labute approximate surface area is 119 Å². The lowest BCUT2D eigenvalue weighted by Crippen LogP contribution is -2.40. The number of rotatable bonds is 3. The Morgan fingerprint density at radius 2 is 2.05 bits per heavy atom. The normalized spacial score (nSPS) is 25.2. The van der Waals surface area contributed by atoms with Gasteiger partial charge >= 0.3 is 0 Å². The van der Waals surface area contributed by atoms with Gasteiger partial charge in [0, 0.05) is 24.7 Å². The molecule has 0 saturated heterocycles. The summed E-state index contributed by atoms with van der Waals surface area (Å²) in [4.78, 5) is 4.07. The van der Waals surface area contributed by atoms with Crippen LogP contribution in [0.4, 0.5) is 0 Å². The molecule has 0 aromatic carbocycles.